The van der Waals surface area contributed by atoms with Gasteiger partial charge in [0.2, 0.25) is 5.75 Å². The van der Waals surface area contributed by atoms with Gasteiger partial charge in [-0.15, -0.1) is 5.92 Å². The van der Waals surface area contributed by atoms with Gasteiger partial charge in [-0.05, 0) is 19.9 Å². The number of nitrogens with zero attached hydrogens (tertiary/aromatic N) is 1. The van der Waals surface area contributed by atoms with Crippen molar-refractivity contribution in [1.82, 2.24) is 0 Å². The van der Waals surface area contributed by atoms with E-state index in [1.54, 1.807) is 13.0 Å². The van der Waals surface area contributed by atoms with Gasteiger partial charge in [0.25, 0.3) is 0 Å². The second kappa shape index (κ2) is 6.38. The van der Waals surface area contributed by atoms with Crippen molar-refractivity contribution >= 4 is 21.6 Å². The highest BCUT2D eigenvalue weighted by atomic mass is 79.9. The molecule has 0 aliphatic heterocycles. The van der Waals surface area contributed by atoms with E-state index in [2.05, 4.69) is 27.8 Å². The van der Waals surface area contributed by atoms with Crippen molar-refractivity contribution in [1.29, 1.82) is 0 Å². The zero-order chi connectivity index (χ0) is 13.7. The number of nitro groups is 1. The molecular weight excluding hydrogens is 302 g/mol. The Bertz CT molecular complexity index is 517. The Morgan fingerprint density at radius 1 is 1.61 bits per heavy atom. The molecule has 0 fully saturated rings. The van der Waals surface area contributed by atoms with E-state index in [-0.39, 0.29) is 18.0 Å². The molecule has 0 spiro atoms. The Hall–Kier alpha value is -1.58. The smallest absolute Gasteiger partial charge is 0.312 e. The topological polar surface area (TPSA) is 72.6 Å². The number of aliphatic hydroxyl groups excluding tert-OH is 1. The first kappa shape index (κ1) is 14.5. The van der Waals surface area contributed by atoms with E-state index in [1.807, 2.05) is 0 Å². The Morgan fingerprint density at radius 3 is 2.78 bits per heavy atom. The SMILES string of the molecule is CC#CCOc1c(C(C)O)cc(Br)cc1[N+](=O)[O-]. The van der Waals surface area contributed by atoms with E-state index >= 15 is 0 Å². The van der Waals surface area contributed by atoms with Crippen molar-refractivity contribution in [2.45, 2.75) is 20.0 Å². The highest BCUT2D eigenvalue weighted by molar-refractivity contribution is 9.10. The number of hydrogen-bond donors (Lipinski definition) is 1. The van der Waals surface area contributed by atoms with Crippen molar-refractivity contribution in [2.24, 2.45) is 0 Å². The van der Waals surface area contributed by atoms with Gasteiger partial charge in [-0.3, -0.25) is 10.1 Å². The van der Waals surface area contributed by atoms with Crippen molar-refractivity contribution in [3.05, 3.63) is 32.3 Å². The number of hydrogen-bond acceptors (Lipinski definition) is 4. The average molecular weight is 314 g/mol. The average Bonchev–Trinajstić information content (AvgIpc) is 2.30. The highest BCUT2D eigenvalue weighted by Crippen LogP contribution is 2.37. The summed E-state index contributed by atoms with van der Waals surface area (Å²) in [6.07, 6.45) is -0.870. The van der Waals surface area contributed by atoms with E-state index < -0.39 is 11.0 Å². The molecule has 96 valence electrons. The lowest BCUT2D eigenvalue weighted by Crippen LogP contribution is -2.04. The quantitative estimate of drug-likeness (QED) is 0.527. The van der Waals surface area contributed by atoms with Gasteiger partial charge in [0.15, 0.2) is 0 Å². The van der Waals surface area contributed by atoms with Crippen molar-refractivity contribution in [2.75, 3.05) is 6.61 Å². The minimum atomic E-state index is -0.870. The van der Waals surface area contributed by atoms with E-state index in [0.29, 0.717) is 10.0 Å². The molecule has 0 aromatic heterocycles. The fourth-order valence-electron chi connectivity index (χ4n) is 1.38. The first-order valence-corrected chi connectivity index (χ1v) is 5.95. The van der Waals surface area contributed by atoms with Crippen LogP contribution < -0.4 is 4.74 Å². The van der Waals surface area contributed by atoms with Crippen LogP contribution in [0.3, 0.4) is 0 Å². The lowest BCUT2D eigenvalue weighted by molar-refractivity contribution is -0.386. The van der Waals surface area contributed by atoms with E-state index in [9.17, 15) is 15.2 Å². The molecule has 6 heteroatoms. The third-order valence-corrected chi connectivity index (χ3v) is 2.63. The molecule has 18 heavy (non-hydrogen) atoms. The van der Waals surface area contributed by atoms with Crippen LogP contribution >= 0.6 is 15.9 Å². The van der Waals surface area contributed by atoms with Gasteiger partial charge in [0.05, 0.1) is 11.0 Å². The Balaban J connectivity index is 3.29. The lowest BCUT2D eigenvalue weighted by Gasteiger charge is -2.12. The second-order valence-electron chi connectivity index (χ2n) is 3.49. The van der Waals surface area contributed by atoms with Crippen LogP contribution in [-0.4, -0.2) is 16.6 Å². The van der Waals surface area contributed by atoms with Gasteiger partial charge in [0, 0.05) is 16.1 Å². The van der Waals surface area contributed by atoms with Crippen molar-refractivity contribution in [3.63, 3.8) is 0 Å². The largest absolute Gasteiger partial charge is 0.473 e. The molecule has 1 aromatic rings. The molecule has 0 heterocycles. The Labute approximate surface area is 113 Å². The normalized spacial score (nSPS) is 11.3. The molecular formula is C12H12BrNO4. The number of rotatable bonds is 4. The molecule has 1 atom stereocenters. The summed E-state index contributed by atoms with van der Waals surface area (Å²) >= 11 is 3.17. The number of nitro benzene ring substituents is 1. The summed E-state index contributed by atoms with van der Waals surface area (Å²) < 4.78 is 5.80. The number of aliphatic hydroxyl groups is 1. The molecule has 0 aliphatic rings. The maximum Gasteiger partial charge on any atom is 0.312 e. The molecule has 1 aromatic carbocycles. The number of benzene rings is 1. The summed E-state index contributed by atoms with van der Waals surface area (Å²) in [5.41, 5.74) is 0.159. The van der Waals surface area contributed by atoms with Gasteiger partial charge in [-0.25, -0.2) is 0 Å². The van der Waals surface area contributed by atoms with Gasteiger partial charge in [-0.2, -0.15) is 0 Å². The number of halogens is 1. The highest BCUT2D eigenvalue weighted by Gasteiger charge is 2.23. The summed E-state index contributed by atoms with van der Waals surface area (Å²) in [7, 11) is 0. The van der Waals surface area contributed by atoms with Crippen LogP contribution in [0.1, 0.15) is 25.5 Å². The predicted octanol–water partition coefficient (Wildman–Crippen LogP) is 2.81. The van der Waals surface area contributed by atoms with Gasteiger partial charge in [-0.1, -0.05) is 21.9 Å². The lowest BCUT2D eigenvalue weighted by atomic mass is 10.1. The maximum absolute atomic E-state index is 11.0. The van der Waals surface area contributed by atoms with Crippen LogP contribution in [0.5, 0.6) is 5.75 Å². The predicted molar refractivity (Wildman–Crippen MR) is 70.4 cm³/mol. The van der Waals surface area contributed by atoms with Crippen molar-refractivity contribution in [3.8, 4) is 17.6 Å². The van der Waals surface area contributed by atoms with Crippen LogP contribution in [0, 0.1) is 22.0 Å². The van der Waals surface area contributed by atoms with Gasteiger partial charge < -0.3 is 9.84 Å². The fraction of sp³-hybridized carbons (Fsp3) is 0.333. The molecule has 0 amide bonds. The van der Waals surface area contributed by atoms with Gasteiger partial charge >= 0.3 is 5.69 Å². The molecule has 0 bridgehead atoms. The molecule has 5 nitrogen and oxygen atoms in total. The fourth-order valence-corrected chi connectivity index (χ4v) is 1.85. The van der Waals surface area contributed by atoms with Crippen LogP contribution in [0.4, 0.5) is 5.69 Å². The summed E-state index contributed by atoms with van der Waals surface area (Å²) in [6, 6.07) is 2.92. The minimum Gasteiger partial charge on any atom is -0.473 e. The molecule has 0 saturated heterocycles. The van der Waals surface area contributed by atoms with Crippen molar-refractivity contribution < 1.29 is 14.8 Å². The Kier molecular flexibility index (Phi) is 5.13. The molecule has 1 unspecified atom stereocenters. The monoisotopic (exact) mass is 313 g/mol. The van der Waals surface area contributed by atoms with Crippen LogP contribution in [0.25, 0.3) is 0 Å². The molecule has 0 radical (unpaired) electrons. The second-order valence-corrected chi connectivity index (χ2v) is 4.41. The third kappa shape index (κ3) is 3.45. The van der Waals surface area contributed by atoms with E-state index in [1.165, 1.54) is 13.0 Å². The zero-order valence-electron chi connectivity index (χ0n) is 9.94. The Morgan fingerprint density at radius 2 is 2.28 bits per heavy atom. The standard InChI is InChI=1S/C12H12BrNO4/c1-3-4-5-18-12-10(8(2)15)6-9(13)7-11(12)14(16)17/h6-8,15H,5H2,1-2H3. The third-order valence-electron chi connectivity index (χ3n) is 2.18. The first-order valence-electron chi connectivity index (χ1n) is 5.15. The summed E-state index contributed by atoms with van der Waals surface area (Å²) in [5, 5.41) is 20.6. The minimum absolute atomic E-state index is 0.0404. The molecule has 0 saturated carbocycles. The van der Waals surface area contributed by atoms with Gasteiger partial charge in [0.1, 0.15) is 6.61 Å². The van der Waals surface area contributed by atoms with E-state index in [4.69, 9.17) is 4.74 Å². The zero-order valence-corrected chi connectivity index (χ0v) is 11.5. The maximum atomic E-state index is 11.0. The summed E-state index contributed by atoms with van der Waals surface area (Å²) in [5.74, 6) is 5.34. The first-order chi connectivity index (χ1) is 8.47. The summed E-state index contributed by atoms with van der Waals surface area (Å²) in [4.78, 5) is 10.4. The molecule has 1 N–H and O–H groups in total. The van der Waals surface area contributed by atoms with Crippen LogP contribution in [-0.2, 0) is 0 Å². The number of ether oxygens (including phenoxy) is 1. The molecule has 1 rings (SSSR count). The van der Waals surface area contributed by atoms with E-state index in [0.717, 1.165) is 0 Å². The van der Waals surface area contributed by atoms with Crippen LogP contribution in [0.2, 0.25) is 0 Å². The molecule has 0 aliphatic carbocycles. The summed E-state index contributed by atoms with van der Waals surface area (Å²) in [6.45, 7) is 3.21. The van der Waals surface area contributed by atoms with Crippen LogP contribution in [0.15, 0.2) is 16.6 Å².